The standard InChI is InChI=1S/C17H14ClN3O2/c18-14-5-2-4-13(10-14)17(23)20-11-12-3-1-6-15(9-12)21-16(22)7-8-19/h1-6,9-10H,7,11H2,(H,20,23)(H,21,22). The van der Waals surface area contributed by atoms with Crippen LogP contribution in [-0.4, -0.2) is 11.8 Å². The first-order valence-electron chi connectivity index (χ1n) is 6.88. The number of carbonyl (C=O) groups excluding carboxylic acids is 2. The minimum Gasteiger partial charge on any atom is -0.348 e. The highest BCUT2D eigenvalue weighted by Crippen LogP contribution is 2.13. The van der Waals surface area contributed by atoms with E-state index in [4.69, 9.17) is 16.9 Å². The van der Waals surface area contributed by atoms with Crippen LogP contribution in [0.15, 0.2) is 48.5 Å². The minimum absolute atomic E-state index is 0.199. The smallest absolute Gasteiger partial charge is 0.251 e. The predicted octanol–water partition coefficient (Wildman–Crippen LogP) is 3.12. The number of halogens is 1. The van der Waals surface area contributed by atoms with E-state index in [0.717, 1.165) is 5.56 Å². The molecule has 2 N–H and O–H groups in total. The van der Waals surface area contributed by atoms with Crippen LogP contribution in [0.5, 0.6) is 0 Å². The van der Waals surface area contributed by atoms with Gasteiger partial charge < -0.3 is 10.6 Å². The van der Waals surface area contributed by atoms with Gasteiger partial charge in [-0.1, -0.05) is 29.8 Å². The van der Waals surface area contributed by atoms with Crippen LogP contribution < -0.4 is 10.6 Å². The fourth-order valence-corrected chi connectivity index (χ4v) is 2.14. The quantitative estimate of drug-likeness (QED) is 0.885. The Bertz CT molecular complexity index is 768. The lowest BCUT2D eigenvalue weighted by Crippen LogP contribution is -2.22. The first kappa shape index (κ1) is 16.5. The maximum atomic E-state index is 12.0. The Morgan fingerprint density at radius 3 is 2.65 bits per heavy atom. The molecule has 0 heterocycles. The number of hydrogen-bond acceptors (Lipinski definition) is 3. The summed E-state index contributed by atoms with van der Waals surface area (Å²) in [4.78, 5) is 23.4. The van der Waals surface area contributed by atoms with Gasteiger partial charge in [0, 0.05) is 22.8 Å². The Hall–Kier alpha value is -2.84. The second-order valence-electron chi connectivity index (χ2n) is 4.78. The van der Waals surface area contributed by atoms with Crippen molar-refractivity contribution in [2.75, 3.05) is 5.32 Å². The maximum absolute atomic E-state index is 12.0. The first-order valence-corrected chi connectivity index (χ1v) is 7.26. The molecule has 0 aliphatic heterocycles. The summed E-state index contributed by atoms with van der Waals surface area (Å²) < 4.78 is 0. The van der Waals surface area contributed by atoms with E-state index in [9.17, 15) is 9.59 Å². The van der Waals surface area contributed by atoms with Crippen molar-refractivity contribution in [1.82, 2.24) is 5.32 Å². The van der Waals surface area contributed by atoms with E-state index < -0.39 is 0 Å². The number of nitrogens with zero attached hydrogens (tertiary/aromatic N) is 1. The molecule has 2 aromatic carbocycles. The fraction of sp³-hybridized carbons (Fsp3) is 0.118. The summed E-state index contributed by atoms with van der Waals surface area (Å²) in [6.45, 7) is 0.313. The van der Waals surface area contributed by atoms with Crippen LogP contribution in [0.4, 0.5) is 5.69 Å². The molecule has 0 aliphatic carbocycles. The number of hydrogen-bond donors (Lipinski definition) is 2. The van der Waals surface area contributed by atoms with Crippen molar-refractivity contribution in [3.05, 3.63) is 64.7 Å². The third-order valence-corrected chi connectivity index (χ3v) is 3.23. The Labute approximate surface area is 138 Å². The largest absolute Gasteiger partial charge is 0.348 e. The summed E-state index contributed by atoms with van der Waals surface area (Å²) >= 11 is 5.86. The van der Waals surface area contributed by atoms with Crippen molar-refractivity contribution in [3.8, 4) is 6.07 Å². The summed E-state index contributed by atoms with van der Waals surface area (Å²) in [5.74, 6) is -0.598. The molecule has 5 nitrogen and oxygen atoms in total. The van der Waals surface area contributed by atoms with Crippen LogP contribution in [0.2, 0.25) is 5.02 Å². The van der Waals surface area contributed by atoms with Gasteiger partial charge in [0.25, 0.3) is 5.91 Å². The van der Waals surface area contributed by atoms with Gasteiger partial charge in [-0.3, -0.25) is 9.59 Å². The molecule has 0 aromatic heterocycles. The molecule has 0 radical (unpaired) electrons. The van der Waals surface area contributed by atoms with Gasteiger partial charge in [-0.05, 0) is 35.9 Å². The lowest BCUT2D eigenvalue weighted by atomic mass is 10.1. The van der Waals surface area contributed by atoms with E-state index in [1.54, 1.807) is 48.5 Å². The number of benzene rings is 2. The van der Waals surface area contributed by atoms with Gasteiger partial charge in [0.1, 0.15) is 6.42 Å². The van der Waals surface area contributed by atoms with Crippen LogP contribution in [-0.2, 0) is 11.3 Å². The zero-order valence-corrected chi connectivity index (χ0v) is 12.9. The van der Waals surface area contributed by atoms with Crippen molar-refractivity contribution < 1.29 is 9.59 Å². The van der Waals surface area contributed by atoms with Gasteiger partial charge in [-0.25, -0.2) is 0 Å². The van der Waals surface area contributed by atoms with Gasteiger partial charge in [-0.2, -0.15) is 5.26 Å². The molecule has 0 atom stereocenters. The summed E-state index contributed by atoms with van der Waals surface area (Å²) in [6.07, 6.45) is -0.199. The van der Waals surface area contributed by atoms with Gasteiger partial charge in [0.05, 0.1) is 6.07 Å². The topological polar surface area (TPSA) is 82.0 Å². The van der Waals surface area contributed by atoms with E-state index in [0.29, 0.717) is 22.8 Å². The molecule has 2 amide bonds. The highest BCUT2D eigenvalue weighted by Gasteiger charge is 2.06. The minimum atomic E-state index is -0.368. The van der Waals surface area contributed by atoms with Crippen molar-refractivity contribution in [1.29, 1.82) is 5.26 Å². The van der Waals surface area contributed by atoms with E-state index in [1.165, 1.54) is 0 Å². The molecule has 116 valence electrons. The van der Waals surface area contributed by atoms with E-state index in [1.807, 2.05) is 6.07 Å². The molecule has 0 saturated carbocycles. The number of nitriles is 1. The molecule has 0 fully saturated rings. The molecular formula is C17H14ClN3O2. The summed E-state index contributed by atoms with van der Waals surface area (Å²) in [5, 5.41) is 14.4. The number of anilines is 1. The highest BCUT2D eigenvalue weighted by atomic mass is 35.5. The van der Waals surface area contributed by atoms with Crippen LogP contribution in [0, 0.1) is 11.3 Å². The monoisotopic (exact) mass is 327 g/mol. The SMILES string of the molecule is N#CCC(=O)Nc1cccc(CNC(=O)c2cccc(Cl)c2)c1. The molecule has 2 rings (SSSR count). The molecule has 0 saturated heterocycles. The first-order chi connectivity index (χ1) is 11.1. The van der Waals surface area contributed by atoms with Crippen LogP contribution in [0.25, 0.3) is 0 Å². The van der Waals surface area contributed by atoms with Crippen LogP contribution in [0.1, 0.15) is 22.3 Å². The summed E-state index contributed by atoms with van der Waals surface area (Å²) in [5.41, 5.74) is 1.89. The van der Waals surface area contributed by atoms with Crippen molar-refractivity contribution >= 4 is 29.1 Å². The molecule has 0 unspecified atom stereocenters. The molecule has 0 bridgehead atoms. The van der Waals surface area contributed by atoms with Gasteiger partial charge in [-0.15, -0.1) is 0 Å². The van der Waals surface area contributed by atoms with Gasteiger partial charge >= 0.3 is 0 Å². The Balaban J connectivity index is 1.97. The summed E-state index contributed by atoms with van der Waals surface area (Å²) in [6, 6.07) is 15.5. The van der Waals surface area contributed by atoms with Gasteiger partial charge in [0.15, 0.2) is 0 Å². The van der Waals surface area contributed by atoms with E-state index in [2.05, 4.69) is 10.6 Å². The summed E-state index contributed by atoms with van der Waals surface area (Å²) in [7, 11) is 0. The predicted molar refractivity (Wildman–Crippen MR) is 87.9 cm³/mol. The Morgan fingerprint density at radius 1 is 1.13 bits per heavy atom. The van der Waals surface area contributed by atoms with Crippen molar-refractivity contribution in [2.45, 2.75) is 13.0 Å². The van der Waals surface area contributed by atoms with Gasteiger partial charge in [0.2, 0.25) is 5.91 Å². The Kier molecular flexibility index (Phi) is 5.73. The van der Waals surface area contributed by atoms with Crippen molar-refractivity contribution in [3.63, 3.8) is 0 Å². The lowest BCUT2D eigenvalue weighted by Gasteiger charge is -2.08. The highest BCUT2D eigenvalue weighted by molar-refractivity contribution is 6.30. The second-order valence-corrected chi connectivity index (χ2v) is 5.21. The number of amides is 2. The molecule has 2 aromatic rings. The number of rotatable bonds is 5. The number of carbonyl (C=O) groups is 2. The Morgan fingerprint density at radius 2 is 1.91 bits per heavy atom. The lowest BCUT2D eigenvalue weighted by molar-refractivity contribution is -0.115. The van der Waals surface area contributed by atoms with Crippen LogP contribution >= 0.6 is 11.6 Å². The average molecular weight is 328 g/mol. The molecule has 6 heteroatoms. The third-order valence-electron chi connectivity index (χ3n) is 2.99. The average Bonchev–Trinajstić information content (AvgIpc) is 2.53. The van der Waals surface area contributed by atoms with Crippen LogP contribution in [0.3, 0.4) is 0 Å². The second kappa shape index (κ2) is 7.97. The third kappa shape index (κ3) is 5.13. The maximum Gasteiger partial charge on any atom is 0.251 e. The zero-order valence-electron chi connectivity index (χ0n) is 12.2. The zero-order chi connectivity index (χ0) is 16.7. The van der Waals surface area contributed by atoms with Crippen molar-refractivity contribution in [2.24, 2.45) is 0 Å². The normalized spacial score (nSPS) is 9.74. The molecule has 0 aliphatic rings. The fourth-order valence-electron chi connectivity index (χ4n) is 1.95. The van der Waals surface area contributed by atoms with E-state index in [-0.39, 0.29) is 18.2 Å². The number of nitrogens with one attached hydrogen (secondary N) is 2. The molecular weight excluding hydrogens is 314 g/mol. The van der Waals surface area contributed by atoms with E-state index >= 15 is 0 Å². The molecule has 0 spiro atoms. The molecule has 23 heavy (non-hydrogen) atoms.